The van der Waals surface area contributed by atoms with Gasteiger partial charge in [0, 0.05) is 20.1 Å². The van der Waals surface area contributed by atoms with Crippen molar-refractivity contribution in [2.45, 2.75) is 6.42 Å². The molecule has 0 atom stereocenters. The number of amides is 2. The van der Waals surface area contributed by atoms with Gasteiger partial charge in [-0.15, -0.1) is 4.83 Å². The molecule has 13 heavy (non-hydrogen) atoms. The van der Waals surface area contributed by atoms with E-state index in [0.717, 1.165) is 17.7 Å². The maximum absolute atomic E-state index is 11.3. The molecule has 1 aliphatic rings. The van der Waals surface area contributed by atoms with Crippen LogP contribution in [0.5, 0.6) is 0 Å². The third kappa shape index (κ3) is 2.85. The van der Waals surface area contributed by atoms with Crippen molar-refractivity contribution in [2.75, 3.05) is 26.4 Å². The van der Waals surface area contributed by atoms with Gasteiger partial charge in [-0.1, -0.05) is 0 Å². The molecule has 76 valence electrons. The highest BCUT2D eigenvalue weighted by molar-refractivity contribution is 7.88. The van der Waals surface area contributed by atoms with Gasteiger partial charge < -0.3 is 4.90 Å². The zero-order chi connectivity index (χ0) is 10.1. The first kappa shape index (κ1) is 10.3. The average molecular weight is 207 g/mol. The standard InChI is InChI=1S/C6H13N3O3S/c1-8-4-3-5-9(6(8)10)7-13(2,11)12/h7H,3-5H2,1-2H3. The van der Waals surface area contributed by atoms with Gasteiger partial charge in [-0.25, -0.2) is 18.2 Å². The molecule has 0 bridgehead atoms. The summed E-state index contributed by atoms with van der Waals surface area (Å²) in [6.45, 7) is 1.09. The first-order valence-corrected chi connectivity index (χ1v) is 5.79. The Kier molecular flexibility index (Phi) is 2.77. The Bertz CT molecular complexity index is 300. The van der Waals surface area contributed by atoms with E-state index in [1.807, 2.05) is 0 Å². The minimum atomic E-state index is -3.35. The van der Waals surface area contributed by atoms with Crippen LogP contribution in [0.2, 0.25) is 0 Å². The van der Waals surface area contributed by atoms with Crippen LogP contribution in [-0.4, -0.2) is 50.8 Å². The van der Waals surface area contributed by atoms with Crippen LogP contribution in [-0.2, 0) is 10.0 Å². The smallest absolute Gasteiger partial charge is 0.327 e. The van der Waals surface area contributed by atoms with Crippen molar-refractivity contribution >= 4 is 16.1 Å². The molecule has 6 nitrogen and oxygen atoms in total. The van der Waals surface area contributed by atoms with Crippen molar-refractivity contribution < 1.29 is 13.2 Å². The lowest BCUT2D eigenvalue weighted by atomic mass is 10.3. The molecule has 0 radical (unpaired) electrons. The van der Waals surface area contributed by atoms with Crippen LogP contribution in [0.3, 0.4) is 0 Å². The highest BCUT2D eigenvalue weighted by Gasteiger charge is 2.24. The Hall–Kier alpha value is -0.820. The van der Waals surface area contributed by atoms with Crippen LogP contribution in [0.4, 0.5) is 4.79 Å². The maximum Gasteiger partial charge on any atom is 0.334 e. The van der Waals surface area contributed by atoms with Crippen LogP contribution >= 0.6 is 0 Å². The normalized spacial score (nSPS) is 19.4. The maximum atomic E-state index is 11.3. The van der Waals surface area contributed by atoms with Gasteiger partial charge in [-0.3, -0.25) is 0 Å². The van der Waals surface area contributed by atoms with Gasteiger partial charge in [0.2, 0.25) is 10.0 Å². The van der Waals surface area contributed by atoms with Gasteiger partial charge >= 0.3 is 6.03 Å². The molecule has 7 heteroatoms. The molecule has 0 aliphatic carbocycles. The number of carbonyl (C=O) groups excluding carboxylic acids is 1. The molecule has 1 heterocycles. The summed E-state index contributed by atoms with van der Waals surface area (Å²) < 4.78 is 21.7. The number of rotatable bonds is 2. The van der Waals surface area contributed by atoms with Crippen molar-refractivity contribution in [3.05, 3.63) is 0 Å². The lowest BCUT2D eigenvalue weighted by molar-refractivity contribution is 0.131. The van der Waals surface area contributed by atoms with Gasteiger partial charge in [-0.2, -0.15) is 0 Å². The minimum Gasteiger partial charge on any atom is -0.327 e. The fourth-order valence-electron chi connectivity index (χ4n) is 1.15. The second kappa shape index (κ2) is 3.51. The summed E-state index contributed by atoms with van der Waals surface area (Å²) in [4.78, 5) is 15.0. The Labute approximate surface area is 77.5 Å². The minimum absolute atomic E-state index is 0.309. The molecular formula is C6H13N3O3S. The Morgan fingerprint density at radius 1 is 1.38 bits per heavy atom. The number of urea groups is 1. The van der Waals surface area contributed by atoms with Gasteiger partial charge in [0.25, 0.3) is 0 Å². The summed E-state index contributed by atoms with van der Waals surface area (Å²) in [6.07, 6.45) is 1.79. The SMILES string of the molecule is CN1CCCN(NS(C)(=O)=O)C1=O. The monoisotopic (exact) mass is 207 g/mol. The third-order valence-corrected chi connectivity index (χ3v) is 2.26. The van der Waals surface area contributed by atoms with Gasteiger partial charge in [0.15, 0.2) is 0 Å². The van der Waals surface area contributed by atoms with Crippen molar-refractivity contribution in [1.82, 2.24) is 14.7 Å². The molecule has 0 aromatic rings. The zero-order valence-electron chi connectivity index (χ0n) is 7.65. The second-order valence-corrected chi connectivity index (χ2v) is 4.80. The number of hydrogen-bond donors (Lipinski definition) is 1. The quantitative estimate of drug-likeness (QED) is 0.645. The van der Waals surface area contributed by atoms with Crippen LogP contribution in [0.15, 0.2) is 0 Å². The van der Waals surface area contributed by atoms with Crippen LogP contribution < -0.4 is 4.83 Å². The topological polar surface area (TPSA) is 69.7 Å². The van der Waals surface area contributed by atoms with Crippen molar-refractivity contribution in [2.24, 2.45) is 0 Å². The van der Waals surface area contributed by atoms with E-state index in [4.69, 9.17) is 0 Å². The Morgan fingerprint density at radius 2 is 2.00 bits per heavy atom. The second-order valence-electron chi connectivity index (χ2n) is 3.07. The highest BCUT2D eigenvalue weighted by Crippen LogP contribution is 2.04. The lowest BCUT2D eigenvalue weighted by Crippen LogP contribution is -2.54. The third-order valence-electron chi connectivity index (χ3n) is 1.71. The summed E-state index contributed by atoms with van der Waals surface area (Å²) in [5.74, 6) is 0. The fraction of sp³-hybridized carbons (Fsp3) is 0.833. The molecule has 0 saturated carbocycles. The Balaban J connectivity index is 2.65. The summed E-state index contributed by atoms with van der Waals surface area (Å²) in [5, 5.41) is 1.11. The van der Waals surface area contributed by atoms with Crippen LogP contribution in [0.1, 0.15) is 6.42 Å². The van der Waals surface area contributed by atoms with E-state index in [1.165, 1.54) is 4.90 Å². The molecule has 0 aromatic carbocycles. The van der Waals surface area contributed by atoms with Crippen molar-refractivity contribution in [3.8, 4) is 0 Å². The molecule has 0 unspecified atom stereocenters. The number of sulfonamides is 1. The number of carbonyl (C=O) groups is 1. The van der Waals surface area contributed by atoms with Gasteiger partial charge in [0.1, 0.15) is 0 Å². The van der Waals surface area contributed by atoms with Crippen molar-refractivity contribution in [3.63, 3.8) is 0 Å². The summed E-state index contributed by atoms with van der Waals surface area (Å²) in [7, 11) is -1.71. The predicted octanol–water partition coefficient (Wildman–Crippen LogP) is -0.792. The largest absolute Gasteiger partial charge is 0.334 e. The molecular weight excluding hydrogens is 194 g/mol. The first-order chi connectivity index (χ1) is 5.90. The fourth-order valence-corrected chi connectivity index (χ4v) is 1.72. The van der Waals surface area contributed by atoms with Gasteiger partial charge in [0.05, 0.1) is 6.26 Å². The molecule has 1 saturated heterocycles. The number of hydrazine groups is 1. The summed E-state index contributed by atoms with van der Waals surface area (Å²) in [6, 6.07) is -0.309. The van der Waals surface area contributed by atoms with E-state index in [-0.39, 0.29) is 6.03 Å². The molecule has 1 N–H and O–H groups in total. The molecule has 0 spiro atoms. The van der Waals surface area contributed by atoms with E-state index in [2.05, 4.69) is 4.83 Å². The summed E-state index contributed by atoms with van der Waals surface area (Å²) in [5.41, 5.74) is 0. The van der Waals surface area contributed by atoms with Crippen LogP contribution in [0.25, 0.3) is 0 Å². The highest BCUT2D eigenvalue weighted by atomic mass is 32.2. The molecule has 1 rings (SSSR count). The predicted molar refractivity (Wildman–Crippen MR) is 47.3 cm³/mol. The van der Waals surface area contributed by atoms with Crippen molar-refractivity contribution in [1.29, 1.82) is 0 Å². The molecule has 1 aliphatic heterocycles. The van der Waals surface area contributed by atoms with E-state index < -0.39 is 10.0 Å². The van der Waals surface area contributed by atoms with E-state index in [1.54, 1.807) is 7.05 Å². The number of hydrogen-bond acceptors (Lipinski definition) is 3. The lowest BCUT2D eigenvalue weighted by Gasteiger charge is -2.32. The Morgan fingerprint density at radius 3 is 2.54 bits per heavy atom. The van der Waals surface area contributed by atoms with E-state index in [9.17, 15) is 13.2 Å². The number of nitrogens with zero attached hydrogens (tertiary/aromatic N) is 2. The van der Waals surface area contributed by atoms with E-state index >= 15 is 0 Å². The average Bonchev–Trinajstić information content (AvgIpc) is 1.96. The number of nitrogens with one attached hydrogen (secondary N) is 1. The first-order valence-electron chi connectivity index (χ1n) is 3.90. The molecule has 1 fully saturated rings. The summed E-state index contributed by atoms with van der Waals surface area (Å²) >= 11 is 0. The zero-order valence-corrected chi connectivity index (χ0v) is 8.47. The van der Waals surface area contributed by atoms with E-state index in [0.29, 0.717) is 13.1 Å². The van der Waals surface area contributed by atoms with Gasteiger partial charge in [-0.05, 0) is 6.42 Å². The van der Waals surface area contributed by atoms with Crippen LogP contribution in [0, 0.1) is 0 Å². The molecule has 2 amide bonds. The molecule has 0 aromatic heterocycles.